The fourth-order valence-electron chi connectivity index (χ4n) is 2.67. The van der Waals surface area contributed by atoms with Gasteiger partial charge in [0, 0.05) is 58.8 Å². The van der Waals surface area contributed by atoms with Gasteiger partial charge in [-0.1, -0.05) is 0 Å². The Balaban J connectivity index is 0.00000208. The molecule has 8 heteroatoms. The van der Waals surface area contributed by atoms with Gasteiger partial charge < -0.3 is 19.9 Å². The topological polar surface area (TPSA) is 65.9 Å². The maximum Gasteiger partial charge on any atom is 0.225 e. The van der Waals surface area contributed by atoms with Gasteiger partial charge in [-0.15, -0.1) is 24.0 Å². The van der Waals surface area contributed by atoms with E-state index in [9.17, 15) is 0 Å². The first-order valence-electron chi connectivity index (χ1n) is 8.42. The van der Waals surface area contributed by atoms with Crippen LogP contribution in [0.2, 0.25) is 0 Å². The minimum absolute atomic E-state index is 0. The van der Waals surface area contributed by atoms with Crippen LogP contribution in [0.5, 0.6) is 0 Å². The van der Waals surface area contributed by atoms with Crippen molar-refractivity contribution in [2.75, 3.05) is 57.9 Å². The zero-order valence-electron chi connectivity index (χ0n) is 14.2. The van der Waals surface area contributed by atoms with E-state index in [0.717, 1.165) is 63.8 Å². The standard InChI is InChI=1S/C16H26N6O.HI/c1-17-15(20-7-12-23-13-14-3-4-14)21-8-10-22(11-9-21)16-18-5-2-6-19-16;/h2,5-6,14H,3-4,7-13H2,1H3,(H,17,20);1H. The maximum atomic E-state index is 5.65. The number of anilines is 1. The molecule has 1 aromatic heterocycles. The molecular weight excluding hydrogens is 419 g/mol. The number of ether oxygens (including phenoxy) is 1. The third kappa shape index (κ3) is 5.73. The Morgan fingerprint density at radius 2 is 1.96 bits per heavy atom. The van der Waals surface area contributed by atoms with Crippen LogP contribution in [-0.2, 0) is 4.74 Å². The quantitative estimate of drug-likeness (QED) is 0.307. The number of piperazine rings is 1. The van der Waals surface area contributed by atoms with E-state index < -0.39 is 0 Å². The molecule has 0 unspecified atom stereocenters. The predicted molar refractivity (Wildman–Crippen MR) is 106 cm³/mol. The lowest BCUT2D eigenvalue weighted by molar-refractivity contribution is 0.128. The van der Waals surface area contributed by atoms with Gasteiger partial charge in [0.2, 0.25) is 5.95 Å². The molecule has 0 atom stereocenters. The lowest BCUT2D eigenvalue weighted by Crippen LogP contribution is -2.53. The van der Waals surface area contributed by atoms with Gasteiger partial charge in [-0.05, 0) is 24.8 Å². The van der Waals surface area contributed by atoms with Crippen molar-refractivity contribution in [2.24, 2.45) is 10.9 Å². The minimum atomic E-state index is 0. The van der Waals surface area contributed by atoms with E-state index in [0.29, 0.717) is 0 Å². The highest BCUT2D eigenvalue weighted by atomic mass is 127. The molecule has 0 aromatic carbocycles. The molecule has 1 N–H and O–H groups in total. The van der Waals surface area contributed by atoms with Crippen LogP contribution in [0.3, 0.4) is 0 Å². The fourth-order valence-corrected chi connectivity index (χ4v) is 2.67. The molecule has 2 fully saturated rings. The van der Waals surface area contributed by atoms with Gasteiger partial charge in [-0.3, -0.25) is 4.99 Å². The summed E-state index contributed by atoms with van der Waals surface area (Å²) in [4.78, 5) is 17.5. The Hall–Kier alpha value is -1.16. The van der Waals surface area contributed by atoms with Crippen LogP contribution in [0.25, 0.3) is 0 Å². The first kappa shape index (κ1) is 19.2. The molecule has 0 bridgehead atoms. The molecule has 134 valence electrons. The van der Waals surface area contributed by atoms with Crippen molar-refractivity contribution in [1.82, 2.24) is 20.2 Å². The molecule has 24 heavy (non-hydrogen) atoms. The van der Waals surface area contributed by atoms with Crippen molar-refractivity contribution in [3.63, 3.8) is 0 Å². The minimum Gasteiger partial charge on any atom is -0.379 e. The molecular formula is C16H27IN6O. The van der Waals surface area contributed by atoms with Crippen LogP contribution in [0.15, 0.2) is 23.5 Å². The Kier molecular flexibility index (Phi) is 7.97. The van der Waals surface area contributed by atoms with Crippen LogP contribution in [0.4, 0.5) is 5.95 Å². The Morgan fingerprint density at radius 3 is 2.58 bits per heavy atom. The summed E-state index contributed by atoms with van der Waals surface area (Å²) in [7, 11) is 1.83. The van der Waals surface area contributed by atoms with Crippen LogP contribution >= 0.6 is 24.0 Å². The highest BCUT2D eigenvalue weighted by Crippen LogP contribution is 2.28. The largest absolute Gasteiger partial charge is 0.379 e. The number of nitrogens with one attached hydrogen (secondary N) is 1. The normalized spacial score (nSPS) is 18.3. The average Bonchev–Trinajstić information content (AvgIpc) is 3.43. The molecule has 1 aliphatic heterocycles. The number of halogens is 1. The second-order valence-corrected chi connectivity index (χ2v) is 6.02. The number of aromatic nitrogens is 2. The third-order valence-corrected chi connectivity index (χ3v) is 4.21. The summed E-state index contributed by atoms with van der Waals surface area (Å²) in [6, 6.07) is 1.84. The van der Waals surface area contributed by atoms with Crippen molar-refractivity contribution in [2.45, 2.75) is 12.8 Å². The Labute approximate surface area is 160 Å². The lowest BCUT2D eigenvalue weighted by atomic mass is 10.3. The van der Waals surface area contributed by atoms with Crippen LogP contribution in [-0.4, -0.2) is 73.8 Å². The number of aliphatic imine (C=N–C) groups is 1. The van der Waals surface area contributed by atoms with Gasteiger partial charge in [0.15, 0.2) is 5.96 Å². The van der Waals surface area contributed by atoms with Crippen LogP contribution in [0.1, 0.15) is 12.8 Å². The highest BCUT2D eigenvalue weighted by Gasteiger charge is 2.22. The van der Waals surface area contributed by atoms with Crippen molar-refractivity contribution < 1.29 is 4.74 Å². The van der Waals surface area contributed by atoms with Gasteiger partial charge in [0.1, 0.15) is 0 Å². The van der Waals surface area contributed by atoms with Crippen LogP contribution in [0, 0.1) is 5.92 Å². The zero-order valence-corrected chi connectivity index (χ0v) is 16.6. The SMILES string of the molecule is CN=C(NCCOCC1CC1)N1CCN(c2ncccn2)CC1.I. The van der Waals surface area contributed by atoms with Crippen molar-refractivity contribution >= 4 is 35.9 Å². The molecule has 2 heterocycles. The summed E-state index contributed by atoms with van der Waals surface area (Å²) < 4.78 is 5.65. The smallest absolute Gasteiger partial charge is 0.225 e. The van der Waals surface area contributed by atoms with E-state index >= 15 is 0 Å². The van der Waals surface area contributed by atoms with Gasteiger partial charge in [0.05, 0.1) is 6.61 Å². The lowest BCUT2D eigenvalue weighted by Gasteiger charge is -2.36. The van der Waals surface area contributed by atoms with E-state index in [-0.39, 0.29) is 24.0 Å². The molecule has 1 aromatic rings. The summed E-state index contributed by atoms with van der Waals surface area (Å²) in [6.07, 6.45) is 6.25. The third-order valence-electron chi connectivity index (χ3n) is 4.21. The summed E-state index contributed by atoms with van der Waals surface area (Å²) in [5, 5.41) is 3.39. The first-order valence-corrected chi connectivity index (χ1v) is 8.42. The predicted octanol–water partition coefficient (Wildman–Crippen LogP) is 1.22. The molecule has 2 aliphatic rings. The van der Waals surface area contributed by atoms with Gasteiger partial charge in [-0.2, -0.15) is 0 Å². The summed E-state index contributed by atoms with van der Waals surface area (Å²) >= 11 is 0. The summed E-state index contributed by atoms with van der Waals surface area (Å²) in [5.41, 5.74) is 0. The monoisotopic (exact) mass is 446 g/mol. The number of hydrogen-bond donors (Lipinski definition) is 1. The molecule has 1 saturated carbocycles. The van der Waals surface area contributed by atoms with Crippen molar-refractivity contribution in [3.8, 4) is 0 Å². The Bertz CT molecular complexity index is 503. The molecule has 0 amide bonds. The first-order chi connectivity index (χ1) is 11.4. The highest BCUT2D eigenvalue weighted by molar-refractivity contribution is 14.0. The zero-order chi connectivity index (χ0) is 15.9. The van der Waals surface area contributed by atoms with Gasteiger partial charge in [0.25, 0.3) is 0 Å². The van der Waals surface area contributed by atoms with Gasteiger partial charge in [-0.25, -0.2) is 9.97 Å². The summed E-state index contributed by atoms with van der Waals surface area (Å²) in [6.45, 7) is 6.11. The van der Waals surface area contributed by atoms with Gasteiger partial charge >= 0.3 is 0 Å². The van der Waals surface area contributed by atoms with E-state index in [2.05, 4.69) is 30.1 Å². The average molecular weight is 446 g/mol. The molecule has 0 spiro atoms. The fraction of sp³-hybridized carbons (Fsp3) is 0.688. The van der Waals surface area contributed by atoms with Crippen LogP contribution < -0.4 is 10.2 Å². The molecule has 1 aliphatic carbocycles. The number of rotatable bonds is 6. The molecule has 7 nitrogen and oxygen atoms in total. The van der Waals surface area contributed by atoms with E-state index in [4.69, 9.17) is 4.74 Å². The van der Waals surface area contributed by atoms with Crippen molar-refractivity contribution in [1.29, 1.82) is 0 Å². The second kappa shape index (κ2) is 9.97. The van der Waals surface area contributed by atoms with Crippen molar-refractivity contribution in [3.05, 3.63) is 18.5 Å². The maximum absolute atomic E-state index is 5.65. The van der Waals surface area contributed by atoms with E-state index in [1.165, 1.54) is 12.8 Å². The molecule has 0 radical (unpaired) electrons. The molecule has 3 rings (SSSR count). The number of guanidine groups is 1. The summed E-state index contributed by atoms with van der Waals surface area (Å²) in [5.74, 6) is 2.58. The molecule has 1 saturated heterocycles. The van der Waals surface area contributed by atoms with E-state index in [1.54, 1.807) is 12.4 Å². The number of hydrogen-bond acceptors (Lipinski definition) is 5. The number of nitrogens with zero attached hydrogens (tertiary/aromatic N) is 5. The second-order valence-electron chi connectivity index (χ2n) is 6.02. The van der Waals surface area contributed by atoms with E-state index in [1.807, 2.05) is 13.1 Å². The Morgan fingerprint density at radius 1 is 1.25 bits per heavy atom.